The Morgan fingerprint density at radius 1 is 1.08 bits per heavy atom. The van der Waals surface area contributed by atoms with Crippen LogP contribution in [-0.4, -0.2) is 41.3 Å². The molecule has 1 fully saturated rings. The third-order valence-electron chi connectivity index (χ3n) is 6.75. The van der Waals surface area contributed by atoms with Gasteiger partial charge in [0.1, 0.15) is 12.3 Å². The van der Waals surface area contributed by atoms with E-state index < -0.39 is 0 Å². The Kier molecular flexibility index (Phi) is 8.44. The minimum absolute atomic E-state index is 0.104. The summed E-state index contributed by atoms with van der Waals surface area (Å²) in [4.78, 5) is 32.2. The lowest BCUT2D eigenvalue weighted by Gasteiger charge is -2.22. The molecule has 0 bridgehead atoms. The van der Waals surface area contributed by atoms with Gasteiger partial charge in [0.25, 0.3) is 11.8 Å². The number of oxazole rings is 1. The van der Waals surface area contributed by atoms with Crippen molar-refractivity contribution in [1.82, 2.24) is 20.5 Å². The van der Waals surface area contributed by atoms with Crippen molar-refractivity contribution in [1.29, 1.82) is 0 Å². The molecule has 0 radical (unpaired) electrons. The van der Waals surface area contributed by atoms with Gasteiger partial charge in [-0.3, -0.25) is 9.59 Å². The van der Waals surface area contributed by atoms with E-state index in [1.54, 1.807) is 35.4 Å². The first-order valence-corrected chi connectivity index (χ1v) is 13.1. The number of nitrogens with one attached hydrogen (secondary N) is 2. The average Bonchev–Trinajstić information content (AvgIpc) is 3.54. The van der Waals surface area contributed by atoms with Crippen molar-refractivity contribution < 1.29 is 14.0 Å². The minimum Gasteiger partial charge on any atom is -0.446 e. The predicted octanol–water partition coefficient (Wildman–Crippen LogP) is 5.17. The summed E-state index contributed by atoms with van der Waals surface area (Å²) in [5.74, 6) is 0.300. The molecule has 4 rings (SSSR count). The van der Waals surface area contributed by atoms with Gasteiger partial charge in [0.15, 0.2) is 0 Å². The summed E-state index contributed by atoms with van der Waals surface area (Å²) in [5.41, 5.74) is 4.51. The molecule has 2 aromatic carbocycles. The van der Waals surface area contributed by atoms with Crippen LogP contribution in [0.3, 0.4) is 0 Å². The number of carbonyl (C=O) groups is 2. The van der Waals surface area contributed by atoms with Crippen LogP contribution < -0.4 is 10.6 Å². The van der Waals surface area contributed by atoms with Crippen molar-refractivity contribution in [2.45, 2.75) is 65.0 Å². The molecular weight excluding hydrogens is 464 g/mol. The number of amides is 2. The number of carbonyl (C=O) groups excluding carboxylic acids is 2. The molecule has 2 heterocycles. The first kappa shape index (κ1) is 26.6. The smallest absolute Gasteiger partial charge is 0.254 e. The molecule has 196 valence electrons. The Labute approximate surface area is 219 Å². The van der Waals surface area contributed by atoms with Crippen molar-refractivity contribution in [3.8, 4) is 0 Å². The lowest BCUT2D eigenvalue weighted by Crippen LogP contribution is -2.31. The van der Waals surface area contributed by atoms with Crippen molar-refractivity contribution in [2.24, 2.45) is 0 Å². The van der Waals surface area contributed by atoms with Gasteiger partial charge in [-0.15, -0.1) is 0 Å². The Hall–Kier alpha value is -3.45. The molecular formula is C30H38N4O3. The molecule has 2 amide bonds. The summed E-state index contributed by atoms with van der Waals surface area (Å²) >= 11 is 0. The van der Waals surface area contributed by atoms with Crippen LogP contribution >= 0.6 is 0 Å². The SMILES string of the molecule is Cc1coc(C2CCCN2C(=O)c2cccc(C(=O)NCCCNCc3cccc(C(C)(C)C)c3)c2)n1. The third-order valence-corrected chi connectivity index (χ3v) is 6.75. The van der Waals surface area contributed by atoms with Gasteiger partial charge < -0.3 is 20.0 Å². The van der Waals surface area contributed by atoms with E-state index in [0.29, 0.717) is 30.1 Å². The van der Waals surface area contributed by atoms with E-state index in [1.165, 1.54) is 11.1 Å². The lowest BCUT2D eigenvalue weighted by molar-refractivity contribution is 0.0715. The summed E-state index contributed by atoms with van der Waals surface area (Å²) in [6.07, 6.45) is 4.14. The molecule has 7 nitrogen and oxygen atoms in total. The fourth-order valence-electron chi connectivity index (χ4n) is 4.65. The van der Waals surface area contributed by atoms with Crippen LogP contribution in [0.25, 0.3) is 0 Å². The highest BCUT2D eigenvalue weighted by Crippen LogP contribution is 2.32. The molecule has 1 saturated heterocycles. The highest BCUT2D eigenvalue weighted by Gasteiger charge is 2.33. The summed E-state index contributed by atoms with van der Waals surface area (Å²) in [6, 6.07) is 15.4. The van der Waals surface area contributed by atoms with E-state index in [4.69, 9.17) is 4.42 Å². The molecule has 0 aliphatic carbocycles. The van der Waals surface area contributed by atoms with E-state index in [-0.39, 0.29) is 23.3 Å². The Morgan fingerprint density at radius 2 is 1.86 bits per heavy atom. The molecule has 1 atom stereocenters. The number of hydrogen-bond donors (Lipinski definition) is 2. The van der Waals surface area contributed by atoms with E-state index in [0.717, 1.165) is 38.0 Å². The van der Waals surface area contributed by atoms with E-state index in [9.17, 15) is 9.59 Å². The Balaban J connectivity index is 1.25. The van der Waals surface area contributed by atoms with Gasteiger partial charge in [-0.1, -0.05) is 51.1 Å². The Bertz CT molecular complexity index is 1230. The van der Waals surface area contributed by atoms with Gasteiger partial charge >= 0.3 is 0 Å². The normalized spacial score (nSPS) is 15.7. The second-order valence-electron chi connectivity index (χ2n) is 10.8. The number of aryl methyl sites for hydroxylation is 1. The summed E-state index contributed by atoms with van der Waals surface area (Å²) in [7, 11) is 0. The first-order valence-electron chi connectivity index (χ1n) is 13.1. The molecule has 0 spiro atoms. The van der Waals surface area contributed by atoms with Crippen LogP contribution in [0.15, 0.2) is 59.2 Å². The quantitative estimate of drug-likeness (QED) is 0.394. The van der Waals surface area contributed by atoms with E-state index in [1.807, 2.05) is 6.92 Å². The number of rotatable bonds is 9. The van der Waals surface area contributed by atoms with E-state index >= 15 is 0 Å². The van der Waals surface area contributed by atoms with Gasteiger partial charge in [0.05, 0.1) is 5.69 Å². The molecule has 1 aliphatic rings. The maximum absolute atomic E-state index is 13.3. The molecule has 0 saturated carbocycles. The van der Waals surface area contributed by atoms with Crippen LogP contribution in [-0.2, 0) is 12.0 Å². The van der Waals surface area contributed by atoms with Gasteiger partial charge in [0.2, 0.25) is 5.89 Å². The minimum atomic E-state index is -0.172. The molecule has 37 heavy (non-hydrogen) atoms. The summed E-state index contributed by atoms with van der Waals surface area (Å²) in [6.45, 7) is 11.3. The maximum atomic E-state index is 13.3. The summed E-state index contributed by atoms with van der Waals surface area (Å²) in [5, 5.41) is 6.42. The highest BCUT2D eigenvalue weighted by atomic mass is 16.3. The highest BCUT2D eigenvalue weighted by molar-refractivity contribution is 5.99. The van der Waals surface area contributed by atoms with Crippen molar-refractivity contribution in [3.63, 3.8) is 0 Å². The largest absolute Gasteiger partial charge is 0.446 e. The molecule has 7 heteroatoms. The maximum Gasteiger partial charge on any atom is 0.254 e. The van der Waals surface area contributed by atoms with Crippen molar-refractivity contribution in [2.75, 3.05) is 19.6 Å². The number of likely N-dealkylation sites (tertiary alicyclic amines) is 1. The van der Waals surface area contributed by atoms with Gasteiger partial charge in [-0.05, 0) is 67.5 Å². The van der Waals surface area contributed by atoms with Gasteiger partial charge in [-0.25, -0.2) is 4.98 Å². The zero-order valence-electron chi connectivity index (χ0n) is 22.3. The average molecular weight is 503 g/mol. The molecule has 1 unspecified atom stereocenters. The zero-order chi connectivity index (χ0) is 26.4. The van der Waals surface area contributed by atoms with Crippen molar-refractivity contribution in [3.05, 3.63) is 88.6 Å². The Morgan fingerprint density at radius 3 is 2.62 bits per heavy atom. The fourth-order valence-corrected chi connectivity index (χ4v) is 4.65. The van der Waals surface area contributed by atoms with Gasteiger partial charge in [-0.2, -0.15) is 0 Å². The number of benzene rings is 2. The second-order valence-corrected chi connectivity index (χ2v) is 10.8. The van der Waals surface area contributed by atoms with Crippen LogP contribution in [0.2, 0.25) is 0 Å². The number of hydrogen-bond acceptors (Lipinski definition) is 5. The fraction of sp³-hybridized carbons (Fsp3) is 0.433. The lowest BCUT2D eigenvalue weighted by atomic mass is 9.86. The standard InChI is InChI=1S/C30H38N4O3/c1-21-20-37-28(33-21)26-13-7-16-34(26)29(36)24-11-6-10-23(18-24)27(35)32-15-8-14-31-19-22-9-5-12-25(17-22)30(2,3)4/h5-6,9-12,17-18,20,26,31H,7-8,13-16,19H2,1-4H3,(H,32,35). The van der Waals surface area contributed by atoms with E-state index in [2.05, 4.69) is 60.7 Å². The predicted molar refractivity (Wildman–Crippen MR) is 144 cm³/mol. The van der Waals surface area contributed by atoms with Gasteiger partial charge in [0, 0.05) is 30.8 Å². The molecule has 3 aromatic rings. The first-order chi connectivity index (χ1) is 17.7. The summed E-state index contributed by atoms with van der Waals surface area (Å²) < 4.78 is 5.57. The monoisotopic (exact) mass is 502 g/mol. The number of nitrogens with zero attached hydrogens (tertiary/aromatic N) is 2. The molecule has 1 aromatic heterocycles. The second kappa shape index (κ2) is 11.7. The topological polar surface area (TPSA) is 87.5 Å². The van der Waals surface area contributed by atoms with Crippen LogP contribution in [0.5, 0.6) is 0 Å². The van der Waals surface area contributed by atoms with Crippen LogP contribution in [0, 0.1) is 6.92 Å². The van der Waals surface area contributed by atoms with Crippen LogP contribution in [0.4, 0.5) is 0 Å². The number of aromatic nitrogens is 1. The third kappa shape index (κ3) is 6.86. The van der Waals surface area contributed by atoms with Crippen molar-refractivity contribution >= 4 is 11.8 Å². The molecule has 1 aliphatic heterocycles. The zero-order valence-corrected chi connectivity index (χ0v) is 22.3. The van der Waals surface area contributed by atoms with Crippen LogP contribution in [0.1, 0.15) is 89.5 Å². The molecule has 2 N–H and O–H groups in total.